The molecule has 25 nitrogen and oxygen atoms in total. The third-order valence-corrected chi connectivity index (χ3v) is 19.2. The Morgan fingerprint density at radius 1 is 0.977 bits per heavy atom. The zero-order valence-corrected chi connectivity index (χ0v) is 53.0. The van der Waals surface area contributed by atoms with Crippen molar-refractivity contribution in [1.82, 2.24) is 40.2 Å². The standard InChI is InChI=1S/C56H64Br2N11O14P3/c1-55(2)40-17-8-10-19-42(40)67(28-25-57)46(55)23-21-36-14-12-15-37(22-24-47-56(3,4)41-18-9-11-20-43(41)68(47)29-26-58)51(36)61-32-48(71)60-27-30-66-34-39(64-65-66)16-7-5-6-13-38-33-69(52-50(38)53(72)63-54(59)62-52)49-31-44(70)45(81-49)35-80-85(76,77)83-86(78,79)82-84(73,74)75/h8-11,17-26,28-29,33-34,44-45,49,70H,5,7,12,14-16,27,30-32,35H2,1-4H3,(H8,59,60,62,63,71,72,73,74,75,76,77,78,79)/p+1/b28-25+,29-26+,36-21+,46-23+/t44-,45?,49-/m1/s1. The number of hydrogen-bond acceptors (Lipinski definition) is 16. The Bertz CT molecular complexity index is 3940. The number of aryl methyl sites for hydroxylation is 1. The van der Waals surface area contributed by atoms with E-state index >= 15 is 0 Å². The van der Waals surface area contributed by atoms with Gasteiger partial charge in [-0.15, -0.1) is 5.10 Å². The van der Waals surface area contributed by atoms with Gasteiger partial charge >= 0.3 is 23.5 Å². The number of hydrogen-bond donors (Lipinski definition) is 9. The number of benzene rings is 2. The van der Waals surface area contributed by atoms with Gasteiger partial charge < -0.3 is 55.3 Å². The number of carbonyl (C=O) groups is 1. The van der Waals surface area contributed by atoms with Crippen LogP contribution in [0.4, 0.5) is 17.3 Å². The number of nitrogens with zero attached hydrogens (tertiary/aromatic N) is 7. The van der Waals surface area contributed by atoms with Crippen LogP contribution in [0.2, 0.25) is 0 Å². The molecule has 5 atom stereocenters. The second kappa shape index (κ2) is 26.7. The van der Waals surface area contributed by atoms with E-state index in [4.69, 9.17) is 20.3 Å². The number of ether oxygens (including phenoxy) is 1. The number of halogens is 2. The van der Waals surface area contributed by atoms with E-state index in [2.05, 4.69) is 198 Å². The number of aliphatic hydroxyl groups excluding tert-OH is 1. The summed E-state index contributed by atoms with van der Waals surface area (Å²) in [5, 5.41) is 26.0. The lowest BCUT2D eigenvalue weighted by Crippen LogP contribution is -2.36. The molecule has 9 rings (SSSR count). The molecule has 1 aliphatic carbocycles. The predicted octanol–water partition coefficient (Wildman–Crippen LogP) is 8.38. The van der Waals surface area contributed by atoms with E-state index in [0.29, 0.717) is 38.0 Å². The third kappa shape index (κ3) is 14.9. The molecular formula is C56H65Br2N11O14P3+. The van der Waals surface area contributed by atoms with Gasteiger partial charge in [-0.25, -0.2) is 13.7 Å². The molecule has 0 bridgehead atoms. The molecule has 1 amide bonds. The summed E-state index contributed by atoms with van der Waals surface area (Å²) in [4.78, 5) is 76.4. The highest BCUT2D eigenvalue weighted by molar-refractivity contribution is 9.11. The first-order valence-electron chi connectivity index (χ1n) is 27.2. The molecule has 3 aliphatic heterocycles. The van der Waals surface area contributed by atoms with Crippen LogP contribution >= 0.6 is 55.3 Å². The Kier molecular flexibility index (Phi) is 19.9. The van der Waals surface area contributed by atoms with Crippen molar-refractivity contribution < 1.29 is 65.6 Å². The molecule has 5 aromatic rings. The number of amides is 1. The summed E-state index contributed by atoms with van der Waals surface area (Å²) in [5.41, 5.74) is 15.8. The second-order valence-electron chi connectivity index (χ2n) is 21.5. The normalized spacial score (nSPS) is 21.7. The summed E-state index contributed by atoms with van der Waals surface area (Å²) >= 11 is 7.03. The number of nitrogens with two attached hydrogens (primary N) is 1. The molecule has 0 saturated carbocycles. The van der Waals surface area contributed by atoms with Gasteiger partial charge in [0, 0.05) is 83.2 Å². The van der Waals surface area contributed by atoms with Crippen molar-refractivity contribution in [3.05, 3.63) is 163 Å². The lowest BCUT2D eigenvalue weighted by atomic mass is 9.81. The van der Waals surface area contributed by atoms with Gasteiger partial charge in [-0.05, 0) is 79.8 Å². The van der Waals surface area contributed by atoms with E-state index in [1.165, 1.54) is 21.9 Å². The Morgan fingerprint density at radius 2 is 1.73 bits per heavy atom. The number of nitrogens with one attached hydrogen (secondary N) is 3. The maximum atomic E-state index is 13.7. The van der Waals surface area contributed by atoms with Crippen molar-refractivity contribution in [2.45, 2.75) is 108 Å². The number of rotatable bonds is 22. The van der Waals surface area contributed by atoms with E-state index in [9.17, 15) is 38.2 Å². The third-order valence-electron chi connectivity index (χ3n) is 15.0. The molecule has 10 N–H and O–H groups in total. The number of aromatic nitrogens is 6. The van der Waals surface area contributed by atoms with Gasteiger partial charge in [0.15, 0.2) is 17.6 Å². The summed E-state index contributed by atoms with van der Waals surface area (Å²) in [6, 6.07) is 16.9. The van der Waals surface area contributed by atoms with Crippen molar-refractivity contribution in [3.63, 3.8) is 0 Å². The number of phosphoric ester groups is 1. The lowest BCUT2D eigenvalue weighted by molar-refractivity contribution is -0.356. The molecule has 456 valence electrons. The van der Waals surface area contributed by atoms with E-state index in [0.717, 1.165) is 58.9 Å². The van der Waals surface area contributed by atoms with Crippen molar-refractivity contribution in [1.29, 1.82) is 0 Å². The second-order valence-corrected chi connectivity index (χ2v) is 27.0. The Morgan fingerprint density at radius 3 is 2.49 bits per heavy atom. The zero-order chi connectivity index (χ0) is 61.8. The number of para-hydroxylation sites is 2. The highest BCUT2D eigenvalue weighted by atomic mass is 79.9. The van der Waals surface area contributed by atoms with Crippen LogP contribution in [0.5, 0.6) is 0 Å². The maximum Gasteiger partial charge on any atom is 0.490 e. The fraction of sp³-hybridized carbons (Fsp3) is 0.357. The van der Waals surface area contributed by atoms with Gasteiger partial charge in [0.05, 0.1) is 47.9 Å². The number of nitrogen functional groups attached to an aromatic ring is 1. The molecule has 0 radical (unpaired) electrons. The van der Waals surface area contributed by atoms with Crippen LogP contribution in [0.1, 0.15) is 94.8 Å². The number of anilines is 2. The van der Waals surface area contributed by atoms with Gasteiger partial charge in [0.25, 0.3) is 5.56 Å². The largest absolute Gasteiger partial charge is 0.490 e. The first-order valence-corrected chi connectivity index (χ1v) is 33.6. The average Bonchev–Trinajstić information content (AvgIpc) is 1.79. The van der Waals surface area contributed by atoms with Gasteiger partial charge in [-0.3, -0.25) is 23.8 Å². The Hall–Kier alpha value is -6.17. The smallest absolute Gasteiger partial charge is 0.390 e. The fourth-order valence-corrected chi connectivity index (χ4v) is 14.5. The lowest BCUT2D eigenvalue weighted by Gasteiger charge is -2.26. The summed E-state index contributed by atoms with van der Waals surface area (Å²) in [6.07, 6.45) is 16.3. The average molecular weight is 1370 g/mol. The molecule has 1 fully saturated rings. The minimum Gasteiger partial charge on any atom is -0.390 e. The fourth-order valence-electron chi connectivity index (χ4n) is 11.0. The van der Waals surface area contributed by atoms with Crippen molar-refractivity contribution in [3.8, 4) is 11.8 Å². The predicted molar refractivity (Wildman–Crippen MR) is 329 cm³/mol. The van der Waals surface area contributed by atoms with Gasteiger partial charge in [0.1, 0.15) is 12.3 Å². The van der Waals surface area contributed by atoms with E-state index in [1.807, 2.05) is 22.4 Å². The number of fused-ring (bicyclic) bond motifs is 3. The maximum absolute atomic E-state index is 13.7. The Labute approximate surface area is 511 Å². The molecule has 2 aromatic carbocycles. The Balaban J connectivity index is 0.823. The van der Waals surface area contributed by atoms with Gasteiger partial charge in [0.2, 0.25) is 17.5 Å². The number of aliphatic hydroxyl groups is 1. The minimum atomic E-state index is -5.78. The summed E-state index contributed by atoms with van der Waals surface area (Å²) in [5.74, 6) is 5.64. The first kappa shape index (κ1) is 64.3. The summed E-state index contributed by atoms with van der Waals surface area (Å²) < 4.78 is 58.3. The number of allylic oxidation sites excluding steroid dienone is 7. The number of unbranched alkanes of at least 4 members (excludes halogenated alkanes) is 1. The molecule has 30 heteroatoms. The van der Waals surface area contributed by atoms with Crippen molar-refractivity contribution in [2.75, 3.05) is 30.3 Å². The minimum absolute atomic E-state index is 0.0375. The highest BCUT2D eigenvalue weighted by Gasteiger charge is 2.45. The van der Waals surface area contributed by atoms with Crippen molar-refractivity contribution in [2.24, 2.45) is 0 Å². The van der Waals surface area contributed by atoms with Crippen LogP contribution < -0.4 is 26.8 Å². The SMILES string of the molecule is CC1(C)C(/C=C/C2=C(NCC(=O)NCCn3cc(CCCC#Cc4cn([C@H]5C[C@@H](O)C(COP(=O)(O)OP(=O)(O)OP(=O)(O)O)O5)c5nc(N)[nH]c(=O)c45)nn3)C(=C/C=C3/N(/C=C/Br)c4ccccc4C3(C)C)/CCC2)=[N+](/C=C/Br)c2ccccc21. The molecule has 3 aromatic heterocycles. The van der Waals surface area contributed by atoms with Crippen LogP contribution in [0.25, 0.3) is 11.0 Å². The van der Waals surface area contributed by atoms with E-state index in [1.54, 1.807) is 10.9 Å². The number of carbonyl (C=O) groups excluding carboxylic acids is 1. The summed E-state index contributed by atoms with van der Waals surface area (Å²) in [7, 11) is -16.9. The van der Waals surface area contributed by atoms with Crippen LogP contribution in [0.3, 0.4) is 0 Å². The molecular weight excluding hydrogens is 1300 g/mol. The number of aromatic amines is 1. The van der Waals surface area contributed by atoms with Gasteiger partial charge in [-0.2, -0.15) is 18.2 Å². The van der Waals surface area contributed by atoms with Crippen molar-refractivity contribution >= 4 is 95.3 Å². The molecule has 3 unspecified atom stereocenters. The quantitative estimate of drug-likeness (QED) is 0.0136. The van der Waals surface area contributed by atoms with Crippen LogP contribution in [-0.2, 0) is 60.2 Å². The summed E-state index contributed by atoms with van der Waals surface area (Å²) in [6.45, 7) is 8.75. The molecule has 6 heterocycles. The van der Waals surface area contributed by atoms with Crippen LogP contribution in [0.15, 0.2) is 135 Å². The van der Waals surface area contributed by atoms with E-state index in [-0.39, 0.29) is 52.2 Å². The molecule has 1 saturated heterocycles. The molecule has 4 aliphatic rings. The highest BCUT2D eigenvalue weighted by Crippen LogP contribution is 2.66. The topological polar surface area (TPSA) is 344 Å². The number of H-pyrrole nitrogens is 1. The molecule has 0 spiro atoms. The zero-order valence-electron chi connectivity index (χ0n) is 47.1. The molecule has 86 heavy (non-hydrogen) atoms. The monoisotopic (exact) mass is 1370 g/mol. The van der Waals surface area contributed by atoms with E-state index < -0.39 is 54.1 Å². The first-order chi connectivity index (χ1) is 40.8. The van der Waals surface area contributed by atoms with Crippen LogP contribution in [-0.4, -0.2) is 102 Å². The van der Waals surface area contributed by atoms with Gasteiger partial charge in [-0.1, -0.05) is 111 Å². The van der Waals surface area contributed by atoms with Crippen LogP contribution in [0, 0.1) is 11.8 Å². The number of phosphoric acid groups is 3.